The Hall–Kier alpha value is -3.03. The highest BCUT2D eigenvalue weighted by Gasteiger charge is 2.30. The average Bonchev–Trinajstić information content (AvgIpc) is 2.87. The maximum atomic E-state index is 13.6. The smallest absolute Gasteiger partial charge is 0.264 e. The van der Waals surface area contributed by atoms with E-state index in [-0.39, 0.29) is 17.3 Å². The first-order chi connectivity index (χ1) is 16.8. The van der Waals surface area contributed by atoms with Crippen LogP contribution in [-0.2, 0) is 21.2 Å². The van der Waals surface area contributed by atoms with Gasteiger partial charge in [0, 0.05) is 36.9 Å². The molecule has 8 heteroatoms. The molecule has 0 spiro atoms. The maximum absolute atomic E-state index is 13.6. The molecule has 3 aromatic carbocycles. The van der Waals surface area contributed by atoms with Crippen LogP contribution in [0.1, 0.15) is 18.1 Å². The SMILES string of the molecule is CCc1ccc(N(CC(=O)N2CCN(c3cccc(Cl)c3)CC2)S(=O)(=O)c2ccc(C)cc2)cc1. The standard InChI is InChI=1S/C27H30ClN3O3S/c1-3-22-9-11-24(12-10-22)31(35(33,34)26-13-7-21(2)8-14-26)20-27(32)30-17-15-29(16-18-30)25-6-4-5-23(28)19-25/h4-14,19H,3,15-18,20H2,1-2H3. The maximum Gasteiger partial charge on any atom is 0.264 e. The summed E-state index contributed by atoms with van der Waals surface area (Å²) in [4.78, 5) is 17.4. The van der Waals surface area contributed by atoms with Crippen LogP contribution in [0.15, 0.2) is 77.7 Å². The van der Waals surface area contributed by atoms with Crippen molar-refractivity contribution in [3.8, 4) is 0 Å². The molecule has 0 bridgehead atoms. The van der Waals surface area contributed by atoms with Crippen molar-refractivity contribution in [3.63, 3.8) is 0 Å². The number of sulfonamides is 1. The zero-order valence-corrected chi connectivity index (χ0v) is 21.6. The van der Waals surface area contributed by atoms with Gasteiger partial charge in [0.15, 0.2) is 0 Å². The molecule has 0 N–H and O–H groups in total. The number of hydrogen-bond acceptors (Lipinski definition) is 4. The number of halogens is 1. The van der Waals surface area contributed by atoms with Crippen LogP contribution in [0.2, 0.25) is 5.02 Å². The van der Waals surface area contributed by atoms with E-state index >= 15 is 0 Å². The van der Waals surface area contributed by atoms with Crippen LogP contribution in [0.5, 0.6) is 0 Å². The molecule has 6 nitrogen and oxygen atoms in total. The first-order valence-corrected chi connectivity index (χ1v) is 13.6. The molecule has 184 valence electrons. The van der Waals surface area contributed by atoms with E-state index in [1.807, 2.05) is 50.2 Å². The Morgan fingerprint density at radius 2 is 1.60 bits per heavy atom. The quantitative estimate of drug-likeness (QED) is 0.459. The monoisotopic (exact) mass is 511 g/mol. The molecule has 3 aromatic rings. The summed E-state index contributed by atoms with van der Waals surface area (Å²) >= 11 is 6.13. The molecule has 1 fully saturated rings. The molecule has 35 heavy (non-hydrogen) atoms. The number of anilines is 2. The normalized spacial score (nSPS) is 14.1. The lowest BCUT2D eigenvalue weighted by atomic mass is 10.1. The molecule has 1 aliphatic heterocycles. The molecule has 1 saturated heterocycles. The van der Waals surface area contributed by atoms with Gasteiger partial charge >= 0.3 is 0 Å². The molecule has 0 atom stereocenters. The van der Waals surface area contributed by atoms with Gasteiger partial charge in [-0.05, 0) is 61.4 Å². The number of hydrogen-bond donors (Lipinski definition) is 0. The minimum absolute atomic E-state index is 0.168. The Morgan fingerprint density at radius 1 is 0.943 bits per heavy atom. The van der Waals surface area contributed by atoms with Crippen molar-refractivity contribution in [2.45, 2.75) is 25.2 Å². The van der Waals surface area contributed by atoms with Gasteiger partial charge < -0.3 is 9.80 Å². The highest BCUT2D eigenvalue weighted by atomic mass is 35.5. The summed E-state index contributed by atoms with van der Waals surface area (Å²) in [5.74, 6) is -0.217. The van der Waals surface area contributed by atoms with Gasteiger partial charge in [0.1, 0.15) is 6.54 Å². The second-order valence-corrected chi connectivity index (χ2v) is 11.0. The van der Waals surface area contributed by atoms with Gasteiger partial charge in [-0.15, -0.1) is 0 Å². The first kappa shape index (κ1) is 25.1. The fraction of sp³-hybridized carbons (Fsp3) is 0.296. The van der Waals surface area contributed by atoms with E-state index in [0.29, 0.717) is 36.9 Å². The van der Waals surface area contributed by atoms with Crippen LogP contribution < -0.4 is 9.21 Å². The van der Waals surface area contributed by atoms with E-state index in [1.165, 1.54) is 4.31 Å². The number of piperazine rings is 1. The minimum Gasteiger partial charge on any atom is -0.368 e. The molecule has 0 unspecified atom stereocenters. The van der Waals surface area contributed by atoms with Crippen LogP contribution in [0.25, 0.3) is 0 Å². The summed E-state index contributed by atoms with van der Waals surface area (Å²) in [5, 5.41) is 0.673. The Bertz CT molecular complexity index is 1270. The summed E-state index contributed by atoms with van der Waals surface area (Å²) < 4.78 is 28.5. The zero-order valence-electron chi connectivity index (χ0n) is 20.0. The van der Waals surface area contributed by atoms with Gasteiger partial charge in [0.05, 0.1) is 10.6 Å². The van der Waals surface area contributed by atoms with Gasteiger partial charge in [-0.1, -0.05) is 54.4 Å². The van der Waals surface area contributed by atoms with Crippen LogP contribution in [-0.4, -0.2) is 51.9 Å². The van der Waals surface area contributed by atoms with Crippen LogP contribution in [0.4, 0.5) is 11.4 Å². The summed E-state index contributed by atoms with van der Waals surface area (Å²) in [6.07, 6.45) is 0.848. The molecule has 1 aliphatic rings. The fourth-order valence-corrected chi connectivity index (χ4v) is 5.76. The average molecular weight is 512 g/mol. The number of nitrogens with zero attached hydrogens (tertiary/aromatic N) is 3. The lowest BCUT2D eigenvalue weighted by molar-refractivity contribution is -0.129. The lowest BCUT2D eigenvalue weighted by Crippen LogP contribution is -2.52. The number of aryl methyl sites for hydroxylation is 2. The predicted molar refractivity (Wildman–Crippen MR) is 142 cm³/mol. The Balaban J connectivity index is 1.54. The molecule has 1 amide bonds. The van der Waals surface area contributed by atoms with Gasteiger partial charge in [-0.3, -0.25) is 9.10 Å². The van der Waals surface area contributed by atoms with Crippen LogP contribution >= 0.6 is 11.6 Å². The van der Waals surface area contributed by atoms with E-state index in [9.17, 15) is 13.2 Å². The Labute approximate surface area is 212 Å². The molecule has 0 aliphatic carbocycles. The lowest BCUT2D eigenvalue weighted by Gasteiger charge is -2.37. The summed E-state index contributed by atoms with van der Waals surface area (Å²) in [7, 11) is -3.92. The van der Waals surface area contributed by atoms with Crippen molar-refractivity contribution < 1.29 is 13.2 Å². The second-order valence-electron chi connectivity index (χ2n) is 8.69. The summed E-state index contributed by atoms with van der Waals surface area (Å²) in [6, 6.07) is 21.7. The number of benzene rings is 3. The molecular weight excluding hydrogens is 482 g/mol. The number of carbonyl (C=O) groups is 1. The van der Waals surface area contributed by atoms with Crippen molar-refractivity contribution in [2.24, 2.45) is 0 Å². The molecule has 1 heterocycles. The van der Waals surface area contributed by atoms with E-state index in [4.69, 9.17) is 11.6 Å². The topological polar surface area (TPSA) is 60.9 Å². The van der Waals surface area contributed by atoms with Gasteiger partial charge in [0.2, 0.25) is 5.91 Å². The Morgan fingerprint density at radius 3 is 2.20 bits per heavy atom. The number of carbonyl (C=O) groups excluding carboxylic acids is 1. The largest absolute Gasteiger partial charge is 0.368 e. The molecule has 0 saturated carbocycles. The third-order valence-electron chi connectivity index (χ3n) is 6.33. The summed E-state index contributed by atoms with van der Waals surface area (Å²) in [5.41, 5.74) is 3.57. The third-order valence-corrected chi connectivity index (χ3v) is 8.35. The van der Waals surface area contributed by atoms with Crippen molar-refractivity contribution in [1.29, 1.82) is 0 Å². The van der Waals surface area contributed by atoms with Crippen molar-refractivity contribution in [1.82, 2.24) is 4.90 Å². The van der Waals surface area contributed by atoms with Crippen molar-refractivity contribution in [3.05, 3.63) is 88.9 Å². The van der Waals surface area contributed by atoms with Crippen molar-refractivity contribution >= 4 is 38.9 Å². The molecule has 0 aromatic heterocycles. The number of rotatable bonds is 7. The molecule has 4 rings (SSSR count). The highest BCUT2D eigenvalue weighted by Crippen LogP contribution is 2.26. The molecule has 0 radical (unpaired) electrons. The van der Waals surface area contributed by atoms with E-state index in [1.54, 1.807) is 41.3 Å². The van der Waals surface area contributed by atoms with E-state index < -0.39 is 10.0 Å². The minimum atomic E-state index is -3.92. The molecular formula is C27H30ClN3O3S. The second kappa shape index (κ2) is 10.7. The van der Waals surface area contributed by atoms with Gasteiger partial charge in [0.25, 0.3) is 10.0 Å². The highest BCUT2D eigenvalue weighted by molar-refractivity contribution is 7.92. The number of amides is 1. The van der Waals surface area contributed by atoms with Gasteiger partial charge in [-0.25, -0.2) is 8.42 Å². The first-order valence-electron chi connectivity index (χ1n) is 11.7. The van der Waals surface area contributed by atoms with Gasteiger partial charge in [-0.2, -0.15) is 0 Å². The zero-order chi connectivity index (χ0) is 25.0. The van der Waals surface area contributed by atoms with E-state index in [0.717, 1.165) is 23.2 Å². The van der Waals surface area contributed by atoms with Crippen molar-refractivity contribution in [2.75, 3.05) is 41.9 Å². The predicted octanol–water partition coefficient (Wildman–Crippen LogP) is 4.75. The third kappa shape index (κ3) is 5.80. The van der Waals surface area contributed by atoms with E-state index in [2.05, 4.69) is 4.90 Å². The Kier molecular flexibility index (Phi) is 7.67. The summed E-state index contributed by atoms with van der Waals surface area (Å²) in [6.45, 7) is 6.03. The van der Waals surface area contributed by atoms with Crippen LogP contribution in [0, 0.1) is 6.92 Å². The fourth-order valence-electron chi connectivity index (χ4n) is 4.16. The van der Waals surface area contributed by atoms with Crippen LogP contribution in [0.3, 0.4) is 0 Å².